The van der Waals surface area contributed by atoms with Crippen LogP contribution in [0.3, 0.4) is 0 Å². The average Bonchev–Trinajstić information content (AvgIpc) is 3.05. The third-order valence-electron chi connectivity index (χ3n) is 3.96. The number of hydrogen-bond donors (Lipinski definition) is 1. The summed E-state index contributed by atoms with van der Waals surface area (Å²) in [6.45, 7) is 6.82. The summed E-state index contributed by atoms with van der Waals surface area (Å²) in [5.41, 5.74) is 8.00. The highest BCUT2D eigenvalue weighted by molar-refractivity contribution is 8.00. The molecule has 2 heterocycles. The maximum atomic E-state index is 12.7. The molecule has 0 spiro atoms. The van der Waals surface area contributed by atoms with Crippen LogP contribution in [0.5, 0.6) is 0 Å². The predicted octanol–water partition coefficient (Wildman–Crippen LogP) is 2.65. The number of hydrogen-bond acceptors (Lipinski definition) is 5. The van der Waals surface area contributed by atoms with Crippen LogP contribution in [0.15, 0.2) is 29.4 Å². The highest BCUT2D eigenvalue weighted by Crippen LogP contribution is 2.34. The number of thioether (sulfide) groups is 1. The topological polar surface area (TPSA) is 77.0 Å². The Hall–Kier alpha value is -2.02. The van der Waals surface area contributed by atoms with Crippen LogP contribution in [0.1, 0.15) is 31.9 Å². The van der Waals surface area contributed by atoms with Gasteiger partial charge in [-0.05, 0) is 39.3 Å². The van der Waals surface area contributed by atoms with E-state index in [0.717, 1.165) is 18.7 Å². The van der Waals surface area contributed by atoms with E-state index in [-0.39, 0.29) is 17.2 Å². The second kappa shape index (κ2) is 6.23. The molecule has 0 saturated carbocycles. The number of anilines is 2. The van der Waals surface area contributed by atoms with E-state index in [1.807, 2.05) is 54.5 Å². The van der Waals surface area contributed by atoms with E-state index >= 15 is 0 Å². The van der Waals surface area contributed by atoms with Gasteiger partial charge < -0.3 is 10.6 Å². The molecule has 1 aliphatic rings. The van der Waals surface area contributed by atoms with Gasteiger partial charge in [0.05, 0.1) is 5.25 Å². The van der Waals surface area contributed by atoms with Gasteiger partial charge in [0.1, 0.15) is 0 Å². The average molecular weight is 331 g/mol. The number of aryl methyl sites for hydroxylation is 1. The Kier molecular flexibility index (Phi) is 4.30. The fraction of sp³-hybridized carbons (Fsp3) is 0.438. The van der Waals surface area contributed by atoms with Crippen molar-refractivity contribution in [3.8, 4) is 0 Å². The monoisotopic (exact) mass is 331 g/mol. The van der Waals surface area contributed by atoms with Gasteiger partial charge in [-0.1, -0.05) is 29.5 Å². The number of nitrogens with two attached hydrogens (primary N) is 1. The van der Waals surface area contributed by atoms with Gasteiger partial charge in [-0.2, -0.15) is 0 Å². The quantitative estimate of drug-likeness (QED) is 0.932. The van der Waals surface area contributed by atoms with Crippen molar-refractivity contribution in [1.29, 1.82) is 0 Å². The molecule has 1 fully saturated rings. The lowest BCUT2D eigenvalue weighted by atomic mass is 10.2. The lowest BCUT2D eigenvalue weighted by Crippen LogP contribution is -2.28. The Morgan fingerprint density at radius 3 is 2.61 bits per heavy atom. The minimum atomic E-state index is -0.141. The highest BCUT2D eigenvalue weighted by atomic mass is 32.2. The first kappa shape index (κ1) is 15.9. The van der Waals surface area contributed by atoms with Gasteiger partial charge in [0.25, 0.3) is 0 Å². The van der Waals surface area contributed by atoms with E-state index in [1.54, 1.807) is 0 Å². The summed E-state index contributed by atoms with van der Waals surface area (Å²) < 4.78 is 1.87. The molecule has 0 radical (unpaired) electrons. The normalized spacial score (nSPS) is 18.2. The molecule has 0 unspecified atom stereocenters. The van der Waals surface area contributed by atoms with Gasteiger partial charge in [-0.3, -0.25) is 9.36 Å². The zero-order chi connectivity index (χ0) is 16.6. The molecule has 1 amide bonds. The van der Waals surface area contributed by atoms with E-state index in [9.17, 15) is 4.79 Å². The van der Waals surface area contributed by atoms with E-state index in [2.05, 4.69) is 10.2 Å². The molecule has 6 nitrogen and oxygen atoms in total. The minimum absolute atomic E-state index is 0.121. The maximum Gasteiger partial charge on any atom is 0.240 e. The fourth-order valence-corrected chi connectivity index (χ4v) is 3.94. The van der Waals surface area contributed by atoms with Crippen LogP contribution in [-0.2, 0) is 4.79 Å². The molecule has 2 N–H and O–H groups in total. The first-order chi connectivity index (χ1) is 11.0. The molecule has 0 aliphatic carbocycles. The van der Waals surface area contributed by atoms with Crippen molar-refractivity contribution in [3.63, 3.8) is 0 Å². The second-order valence-corrected chi connectivity index (χ2v) is 7.20. The largest absolute Gasteiger partial charge is 0.368 e. The van der Waals surface area contributed by atoms with E-state index < -0.39 is 0 Å². The molecule has 7 heteroatoms. The highest BCUT2D eigenvalue weighted by Gasteiger charge is 2.34. The van der Waals surface area contributed by atoms with Gasteiger partial charge in [-0.25, -0.2) is 0 Å². The first-order valence-corrected chi connectivity index (χ1v) is 8.60. The van der Waals surface area contributed by atoms with Crippen LogP contribution in [0.2, 0.25) is 0 Å². The summed E-state index contributed by atoms with van der Waals surface area (Å²) in [6, 6.07) is 8.21. The molecule has 1 aliphatic heterocycles. The van der Waals surface area contributed by atoms with Crippen molar-refractivity contribution >= 4 is 29.3 Å². The number of carbonyl (C=O) groups is 1. The SMILES string of the molecule is Cc1ccc(N2CC[C@@H](Sc3nnc(N)n3C(C)C)C2=O)cc1. The van der Waals surface area contributed by atoms with Crippen molar-refractivity contribution in [2.24, 2.45) is 0 Å². The fourth-order valence-electron chi connectivity index (χ4n) is 2.73. The Morgan fingerprint density at radius 2 is 1.96 bits per heavy atom. The van der Waals surface area contributed by atoms with E-state index in [4.69, 9.17) is 5.73 Å². The van der Waals surface area contributed by atoms with Crippen molar-refractivity contribution in [2.75, 3.05) is 17.2 Å². The van der Waals surface area contributed by atoms with Crippen molar-refractivity contribution in [3.05, 3.63) is 29.8 Å². The predicted molar refractivity (Wildman–Crippen MR) is 92.6 cm³/mol. The molecular weight excluding hydrogens is 310 g/mol. The summed E-state index contributed by atoms with van der Waals surface area (Å²) in [5, 5.41) is 8.63. The van der Waals surface area contributed by atoms with E-state index in [1.165, 1.54) is 17.3 Å². The van der Waals surface area contributed by atoms with Crippen molar-refractivity contribution < 1.29 is 4.79 Å². The van der Waals surface area contributed by atoms with Gasteiger partial charge in [-0.15, -0.1) is 10.2 Å². The molecule has 0 bridgehead atoms. The van der Waals surface area contributed by atoms with Gasteiger partial charge in [0.15, 0.2) is 5.16 Å². The Labute approximate surface area is 140 Å². The van der Waals surface area contributed by atoms with Gasteiger partial charge >= 0.3 is 0 Å². The first-order valence-electron chi connectivity index (χ1n) is 7.72. The summed E-state index contributed by atoms with van der Waals surface area (Å²) >= 11 is 1.45. The van der Waals surface area contributed by atoms with Crippen LogP contribution in [0, 0.1) is 6.92 Å². The van der Waals surface area contributed by atoms with Gasteiger partial charge in [0.2, 0.25) is 11.9 Å². The Balaban J connectivity index is 1.76. The third kappa shape index (κ3) is 3.06. The zero-order valence-electron chi connectivity index (χ0n) is 13.6. The van der Waals surface area contributed by atoms with Crippen LogP contribution in [0.25, 0.3) is 0 Å². The van der Waals surface area contributed by atoms with Crippen LogP contribution in [-0.4, -0.2) is 32.5 Å². The number of nitrogen functional groups attached to an aromatic ring is 1. The number of aromatic nitrogens is 3. The zero-order valence-corrected chi connectivity index (χ0v) is 14.4. The van der Waals surface area contributed by atoms with Gasteiger partial charge in [0, 0.05) is 18.3 Å². The molecule has 122 valence electrons. The smallest absolute Gasteiger partial charge is 0.240 e. The molecule has 3 rings (SSSR count). The lowest BCUT2D eigenvalue weighted by Gasteiger charge is -2.17. The number of amides is 1. The molecule has 1 aromatic heterocycles. The van der Waals surface area contributed by atoms with Crippen LogP contribution < -0.4 is 10.6 Å². The van der Waals surface area contributed by atoms with Crippen molar-refractivity contribution in [2.45, 2.75) is 43.6 Å². The summed E-state index contributed by atoms with van der Waals surface area (Å²) in [6.07, 6.45) is 0.794. The lowest BCUT2D eigenvalue weighted by molar-refractivity contribution is -0.116. The Morgan fingerprint density at radius 1 is 1.26 bits per heavy atom. The summed E-state index contributed by atoms with van der Waals surface area (Å²) in [4.78, 5) is 14.5. The maximum absolute atomic E-state index is 12.7. The number of rotatable bonds is 4. The Bertz CT molecular complexity index is 710. The molecule has 1 saturated heterocycles. The van der Waals surface area contributed by atoms with Crippen molar-refractivity contribution in [1.82, 2.24) is 14.8 Å². The van der Waals surface area contributed by atoms with Crippen LogP contribution in [0.4, 0.5) is 11.6 Å². The molecule has 23 heavy (non-hydrogen) atoms. The number of nitrogens with zero attached hydrogens (tertiary/aromatic N) is 4. The number of benzene rings is 1. The van der Waals surface area contributed by atoms with Crippen LogP contribution >= 0.6 is 11.8 Å². The minimum Gasteiger partial charge on any atom is -0.368 e. The summed E-state index contributed by atoms with van der Waals surface area (Å²) in [5.74, 6) is 0.513. The standard InChI is InChI=1S/C16H21N5OS/c1-10(2)21-15(17)18-19-16(21)23-13-8-9-20(14(13)22)12-6-4-11(3)5-7-12/h4-7,10,13H,8-9H2,1-3H3,(H2,17,18)/t13-/m1/s1. The number of carbonyl (C=O) groups excluding carboxylic acids is 1. The molecular formula is C16H21N5OS. The molecule has 2 aromatic rings. The molecule has 1 aromatic carbocycles. The van der Waals surface area contributed by atoms with E-state index in [0.29, 0.717) is 11.1 Å². The molecule has 1 atom stereocenters. The third-order valence-corrected chi connectivity index (χ3v) is 5.17. The second-order valence-electron chi connectivity index (χ2n) is 6.03. The summed E-state index contributed by atoms with van der Waals surface area (Å²) in [7, 11) is 0.